The van der Waals surface area contributed by atoms with E-state index in [4.69, 9.17) is 10.6 Å². The molecule has 0 radical (unpaired) electrons. The molecule has 1 aromatic heterocycles. The fourth-order valence-electron chi connectivity index (χ4n) is 0.758. The summed E-state index contributed by atoms with van der Waals surface area (Å²) in [6, 6.07) is 0. The Morgan fingerprint density at radius 3 is 2.73 bits per heavy atom. The molecule has 0 saturated carbocycles. The van der Waals surface area contributed by atoms with Crippen LogP contribution in [0.15, 0.2) is 4.79 Å². The average Bonchev–Trinajstić information content (AvgIpc) is 2.19. The molecule has 0 amide bonds. The first-order chi connectivity index (χ1) is 5.16. The third-order valence-electron chi connectivity index (χ3n) is 1.30. The van der Waals surface area contributed by atoms with E-state index in [2.05, 4.69) is 5.10 Å². The van der Waals surface area contributed by atoms with E-state index in [-0.39, 0.29) is 12.3 Å². The van der Waals surface area contributed by atoms with Gasteiger partial charge in [0.05, 0.1) is 0 Å². The van der Waals surface area contributed by atoms with Gasteiger partial charge in [0, 0.05) is 14.2 Å². The Hall–Kier alpha value is -1.30. The van der Waals surface area contributed by atoms with Crippen molar-refractivity contribution >= 4 is 0 Å². The molecule has 0 aromatic carbocycles. The van der Waals surface area contributed by atoms with Crippen molar-refractivity contribution in [2.24, 2.45) is 7.05 Å². The molecule has 6 nitrogen and oxygen atoms in total. The maximum absolute atomic E-state index is 10.9. The topological polar surface area (TPSA) is 75.1 Å². The summed E-state index contributed by atoms with van der Waals surface area (Å²) < 4.78 is 6.88. The standard InChI is InChI=1S/C5H10N4O2/c1-8-5(10)9(6)4(7-8)3-11-2/h3,6H2,1-2H3. The van der Waals surface area contributed by atoms with Crippen molar-refractivity contribution in [1.82, 2.24) is 14.5 Å². The van der Waals surface area contributed by atoms with Crippen molar-refractivity contribution in [2.45, 2.75) is 6.61 Å². The largest absolute Gasteiger partial charge is 0.377 e. The number of methoxy groups -OCH3 is 1. The zero-order valence-corrected chi connectivity index (χ0v) is 6.44. The van der Waals surface area contributed by atoms with Crippen molar-refractivity contribution in [3.05, 3.63) is 16.3 Å². The molecule has 0 aliphatic rings. The molecular formula is C5H10N4O2. The second-order valence-electron chi connectivity index (χ2n) is 2.13. The Labute approximate surface area is 63.1 Å². The van der Waals surface area contributed by atoms with Crippen LogP contribution in [0.25, 0.3) is 0 Å². The second kappa shape index (κ2) is 2.75. The van der Waals surface area contributed by atoms with Gasteiger partial charge in [0.1, 0.15) is 6.61 Å². The van der Waals surface area contributed by atoms with E-state index < -0.39 is 0 Å². The molecule has 6 heteroatoms. The summed E-state index contributed by atoms with van der Waals surface area (Å²) in [4.78, 5) is 10.9. The van der Waals surface area contributed by atoms with Gasteiger partial charge in [0.25, 0.3) is 0 Å². The lowest BCUT2D eigenvalue weighted by Gasteiger charge is -1.94. The third kappa shape index (κ3) is 1.25. The van der Waals surface area contributed by atoms with Crippen LogP contribution in [0.4, 0.5) is 0 Å². The molecular weight excluding hydrogens is 148 g/mol. The van der Waals surface area contributed by atoms with Gasteiger partial charge in [-0.05, 0) is 0 Å². The highest BCUT2D eigenvalue weighted by Crippen LogP contribution is 1.87. The maximum Gasteiger partial charge on any atom is 0.364 e. The zero-order chi connectivity index (χ0) is 8.43. The summed E-state index contributed by atoms with van der Waals surface area (Å²) in [7, 11) is 3.05. The van der Waals surface area contributed by atoms with Crippen LogP contribution in [0.1, 0.15) is 5.82 Å². The summed E-state index contributed by atoms with van der Waals surface area (Å²) in [5.41, 5.74) is -0.350. The Bertz CT molecular complexity index is 300. The predicted molar refractivity (Wildman–Crippen MR) is 38.3 cm³/mol. The zero-order valence-electron chi connectivity index (χ0n) is 6.44. The van der Waals surface area contributed by atoms with Crippen molar-refractivity contribution in [3.8, 4) is 0 Å². The lowest BCUT2D eigenvalue weighted by atomic mass is 10.7. The molecule has 11 heavy (non-hydrogen) atoms. The Morgan fingerprint density at radius 1 is 1.73 bits per heavy atom. The Morgan fingerprint density at radius 2 is 2.36 bits per heavy atom. The van der Waals surface area contributed by atoms with Crippen molar-refractivity contribution < 1.29 is 4.74 Å². The van der Waals surface area contributed by atoms with Gasteiger partial charge in [0.2, 0.25) is 0 Å². The fraction of sp³-hybridized carbons (Fsp3) is 0.600. The summed E-state index contributed by atoms with van der Waals surface area (Å²) in [6.45, 7) is 0.243. The average molecular weight is 158 g/mol. The normalized spacial score (nSPS) is 10.4. The Balaban J connectivity index is 3.08. The molecule has 1 aromatic rings. The highest BCUT2D eigenvalue weighted by Gasteiger charge is 2.06. The van der Waals surface area contributed by atoms with Gasteiger partial charge >= 0.3 is 5.69 Å². The van der Waals surface area contributed by atoms with Gasteiger partial charge in [-0.3, -0.25) is 0 Å². The predicted octanol–water partition coefficient (Wildman–Crippen LogP) is -1.56. The minimum absolute atomic E-state index is 0.243. The molecule has 0 saturated heterocycles. The summed E-state index contributed by atoms with van der Waals surface area (Å²) >= 11 is 0. The molecule has 1 rings (SSSR count). The van der Waals surface area contributed by atoms with Gasteiger partial charge < -0.3 is 10.6 Å². The summed E-state index contributed by atoms with van der Waals surface area (Å²) in [5, 5.41) is 3.82. The van der Waals surface area contributed by atoms with E-state index in [1.54, 1.807) is 0 Å². The van der Waals surface area contributed by atoms with Gasteiger partial charge in [-0.25, -0.2) is 9.48 Å². The van der Waals surface area contributed by atoms with E-state index in [0.717, 1.165) is 9.36 Å². The van der Waals surface area contributed by atoms with Gasteiger partial charge in [-0.1, -0.05) is 0 Å². The van der Waals surface area contributed by atoms with Crippen LogP contribution in [0, 0.1) is 0 Å². The molecule has 1 heterocycles. The molecule has 2 N–H and O–H groups in total. The third-order valence-corrected chi connectivity index (χ3v) is 1.30. The van der Waals surface area contributed by atoms with Gasteiger partial charge in [0.15, 0.2) is 5.82 Å². The minimum Gasteiger partial charge on any atom is -0.377 e. The number of aryl methyl sites for hydroxylation is 1. The number of hydrogen-bond donors (Lipinski definition) is 1. The molecule has 0 fully saturated rings. The first-order valence-electron chi connectivity index (χ1n) is 3.05. The van der Waals surface area contributed by atoms with E-state index in [1.807, 2.05) is 0 Å². The van der Waals surface area contributed by atoms with E-state index in [0.29, 0.717) is 5.82 Å². The smallest absolute Gasteiger partial charge is 0.364 e. The first kappa shape index (κ1) is 7.80. The number of nitrogens with two attached hydrogens (primary N) is 1. The molecule has 0 aliphatic heterocycles. The fourth-order valence-corrected chi connectivity index (χ4v) is 0.758. The van der Waals surface area contributed by atoms with Crippen LogP contribution in [0.5, 0.6) is 0 Å². The highest BCUT2D eigenvalue weighted by molar-refractivity contribution is 4.84. The van der Waals surface area contributed by atoms with Crippen molar-refractivity contribution in [3.63, 3.8) is 0 Å². The number of hydrogen-bond acceptors (Lipinski definition) is 4. The van der Waals surface area contributed by atoms with Crippen LogP contribution < -0.4 is 11.5 Å². The second-order valence-corrected chi connectivity index (χ2v) is 2.13. The van der Waals surface area contributed by atoms with Crippen LogP contribution in [0.2, 0.25) is 0 Å². The van der Waals surface area contributed by atoms with Crippen molar-refractivity contribution in [1.29, 1.82) is 0 Å². The molecule has 0 bridgehead atoms. The van der Waals surface area contributed by atoms with Crippen LogP contribution in [-0.2, 0) is 18.4 Å². The summed E-state index contributed by atoms with van der Waals surface area (Å²) in [5.74, 6) is 5.75. The van der Waals surface area contributed by atoms with E-state index in [9.17, 15) is 4.79 Å². The quantitative estimate of drug-likeness (QED) is 0.528. The van der Waals surface area contributed by atoms with Crippen LogP contribution >= 0.6 is 0 Å². The van der Waals surface area contributed by atoms with Gasteiger partial charge in [-0.2, -0.15) is 9.77 Å². The van der Waals surface area contributed by atoms with Gasteiger partial charge in [-0.15, -0.1) is 0 Å². The molecule has 0 spiro atoms. The molecule has 62 valence electrons. The maximum atomic E-state index is 10.9. The first-order valence-corrected chi connectivity index (χ1v) is 3.05. The number of rotatable bonds is 2. The number of aromatic nitrogens is 3. The minimum atomic E-state index is -0.350. The van der Waals surface area contributed by atoms with E-state index >= 15 is 0 Å². The SMILES string of the molecule is COCc1nn(C)c(=O)n1N. The lowest BCUT2D eigenvalue weighted by molar-refractivity contribution is 0.175. The highest BCUT2D eigenvalue weighted by atomic mass is 16.5. The van der Waals surface area contributed by atoms with E-state index in [1.165, 1.54) is 14.2 Å². The number of nitrogen functional groups attached to an aromatic ring is 1. The Kier molecular flexibility index (Phi) is 1.95. The number of ether oxygens (including phenoxy) is 1. The van der Waals surface area contributed by atoms with Crippen molar-refractivity contribution in [2.75, 3.05) is 13.0 Å². The molecule has 0 aliphatic carbocycles. The van der Waals surface area contributed by atoms with Crippen LogP contribution in [0.3, 0.4) is 0 Å². The molecule has 0 unspecified atom stereocenters. The van der Waals surface area contributed by atoms with Crippen LogP contribution in [-0.4, -0.2) is 21.6 Å². The number of nitrogens with zero attached hydrogens (tertiary/aromatic N) is 3. The lowest BCUT2D eigenvalue weighted by Crippen LogP contribution is -2.29. The molecule has 0 atom stereocenters. The summed E-state index contributed by atoms with van der Waals surface area (Å²) in [6.07, 6.45) is 0. The monoisotopic (exact) mass is 158 g/mol.